The second-order valence-corrected chi connectivity index (χ2v) is 6.33. The van der Waals surface area contributed by atoms with Gasteiger partial charge < -0.3 is 10.0 Å². The normalized spacial score (nSPS) is 22.6. The molecule has 0 bridgehead atoms. The lowest BCUT2D eigenvalue weighted by Crippen LogP contribution is -2.30. The molecule has 0 radical (unpaired) electrons. The topological polar surface area (TPSA) is 57.6 Å². The molecule has 0 spiro atoms. The lowest BCUT2D eigenvalue weighted by atomic mass is 9.99. The summed E-state index contributed by atoms with van der Waals surface area (Å²) in [6.45, 7) is 2.61. The summed E-state index contributed by atoms with van der Waals surface area (Å²) >= 11 is 7.99. The van der Waals surface area contributed by atoms with Gasteiger partial charge in [-0.25, -0.2) is 0 Å². The van der Waals surface area contributed by atoms with Gasteiger partial charge in [-0.1, -0.05) is 18.5 Å². The molecule has 1 fully saturated rings. The Morgan fingerprint density at radius 2 is 2.11 bits per heavy atom. The molecule has 1 heterocycles. The first-order valence-electron chi connectivity index (χ1n) is 5.87. The number of rotatable bonds is 2. The van der Waals surface area contributed by atoms with Crippen molar-refractivity contribution in [1.29, 1.82) is 0 Å². The number of hydrogen-bond donors (Lipinski definition) is 1. The molecule has 0 unspecified atom stereocenters. The Bertz CT molecular complexity index is 535. The van der Waals surface area contributed by atoms with E-state index in [0.29, 0.717) is 17.1 Å². The van der Waals surface area contributed by atoms with Gasteiger partial charge >= 0.3 is 5.97 Å². The number of benzene rings is 1. The van der Waals surface area contributed by atoms with Gasteiger partial charge in [0.05, 0.1) is 10.9 Å². The highest BCUT2D eigenvalue weighted by Crippen LogP contribution is 2.26. The van der Waals surface area contributed by atoms with E-state index < -0.39 is 11.9 Å². The van der Waals surface area contributed by atoms with Crippen LogP contribution in [0.2, 0.25) is 5.02 Å². The first kappa shape index (κ1) is 14.6. The van der Waals surface area contributed by atoms with Crippen LogP contribution >= 0.6 is 34.2 Å². The Morgan fingerprint density at radius 3 is 2.63 bits per heavy atom. The zero-order valence-corrected chi connectivity index (χ0v) is 13.2. The van der Waals surface area contributed by atoms with Gasteiger partial charge in [0.15, 0.2) is 0 Å². The lowest BCUT2D eigenvalue weighted by molar-refractivity contribution is -0.142. The van der Waals surface area contributed by atoms with E-state index in [0.717, 1.165) is 3.57 Å². The van der Waals surface area contributed by atoms with Gasteiger partial charge in [0.25, 0.3) is 5.91 Å². The van der Waals surface area contributed by atoms with Crippen LogP contribution in [0.15, 0.2) is 18.2 Å². The molecule has 1 aromatic carbocycles. The molecule has 0 aromatic heterocycles. The van der Waals surface area contributed by atoms with E-state index in [-0.39, 0.29) is 18.4 Å². The molecule has 2 rings (SSSR count). The predicted molar refractivity (Wildman–Crippen MR) is 80.4 cm³/mol. The minimum absolute atomic E-state index is 0.0205. The number of carbonyl (C=O) groups excluding carboxylic acids is 1. The van der Waals surface area contributed by atoms with Crippen molar-refractivity contribution in [2.75, 3.05) is 13.1 Å². The first-order chi connectivity index (χ1) is 8.90. The van der Waals surface area contributed by atoms with Gasteiger partial charge in [-0.15, -0.1) is 0 Å². The second kappa shape index (κ2) is 5.66. The molecule has 0 saturated carbocycles. The Labute approximate surface area is 129 Å². The number of aliphatic carboxylic acids is 1. The van der Waals surface area contributed by atoms with E-state index in [1.54, 1.807) is 23.1 Å². The molecular weight excluding hydrogens is 381 g/mol. The van der Waals surface area contributed by atoms with Crippen molar-refractivity contribution in [1.82, 2.24) is 4.90 Å². The number of carboxylic acid groups (broad SMARTS) is 1. The zero-order valence-electron chi connectivity index (χ0n) is 10.3. The Hall–Kier alpha value is -0.820. The summed E-state index contributed by atoms with van der Waals surface area (Å²) in [4.78, 5) is 25.0. The molecule has 0 aliphatic carbocycles. The molecular formula is C13H13ClINO3. The van der Waals surface area contributed by atoms with Crippen LogP contribution in [0.4, 0.5) is 0 Å². The van der Waals surface area contributed by atoms with Crippen LogP contribution in [-0.2, 0) is 4.79 Å². The van der Waals surface area contributed by atoms with Crippen molar-refractivity contribution >= 4 is 46.1 Å². The van der Waals surface area contributed by atoms with Gasteiger partial charge in [0.1, 0.15) is 0 Å². The predicted octanol–water partition coefficient (Wildman–Crippen LogP) is 2.74. The summed E-state index contributed by atoms with van der Waals surface area (Å²) in [6, 6.07) is 5.08. The lowest BCUT2D eigenvalue weighted by Gasteiger charge is -2.16. The summed E-state index contributed by atoms with van der Waals surface area (Å²) < 4.78 is 0.812. The third kappa shape index (κ3) is 3.02. The van der Waals surface area contributed by atoms with E-state index >= 15 is 0 Å². The van der Waals surface area contributed by atoms with E-state index in [1.807, 2.05) is 6.92 Å². The van der Waals surface area contributed by atoms with Crippen LogP contribution < -0.4 is 0 Å². The summed E-state index contributed by atoms with van der Waals surface area (Å²) in [5.74, 6) is -1.47. The number of carboxylic acids is 1. The van der Waals surface area contributed by atoms with E-state index in [2.05, 4.69) is 22.6 Å². The molecule has 1 amide bonds. The standard InChI is InChI=1S/C13H13ClINO3/c1-7-5-16(6-9(7)13(18)19)12(17)8-2-3-10(14)11(15)4-8/h2-4,7,9H,5-6H2,1H3,(H,18,19)/t7-,9-/m1/s1. The summed E-state index contributed by atoms with van der Waals surface area (Å²) in [6.07, 6.45) is 0. The molecule has 2 atom stereocenters. The summed E-state index contributed by atoms with van der Waals surface area (Å²) in [5, 5.41) is 9.68. The van der Waals surface area contributed by atoms with Gasteiger partial charge in [-0.3, -0.25) is 9.59 Å². The quantitative estimate of drug-likeness (QED) is 0.786. The van der Waals surface area contributed by atoms with Crippen molar-refractivity contribution in [2.24, 2.45) is 11.8 Å². The van der Waals surface area contributed by atoms with Crippen LogP contribution in [0, 0.1) is 15.4 Å². The number of hydrogen-bond acceptors (Lipinski definition) is 2. The maximum atomic E-state index is 12.3. The van der Waals surface area contributed by atoms with Gasteiger partial charge in [-0.05, 0) is 46.7 Å². The van der Waals surface area contributed by atoms with Crippen molar-refractivity contribution in [3.05, 3.63) is 32.4 Å². The van der Waals surface area contributed by atoms with Crippen molar-refractivity contribution in [2.45, 2.75) is 6.92 Å². The van der Waals surface area contributed by atoms with Crippen molar-refractivity contribution in [3.63, 3.8) is 0 Å². The van der Waals surface area contributed by atoms with E-state index in [1.165, 1.54) is 0 Å². The van der Waals surface area contributed by atoms with Gasteiger partial charge in [0.2, 0.25) is 0 Å². The molecule has 1 saturated heterocycles. The smallest absolute Gasteiger partial charge is 0.308 e. The van der Waals surface area contributed by atoms with E-state index in [4.69, 9.17) is 16.7 Å². The highest BCUT2D eigenvalue weighted by atomic mass is 127. The van der Waals surface area contributed by atoms with Gasteiger partial charge in [0, 0.05) is 22.2 Å². The van der Waals surface area contributed by atoms with Gasteiger partial charge in [-0.2, -0.15) is 0 Å². The highest BCUT2D eigenvalue weighted by Gasteiger charge is 2.37. The maximum absolute atomic E-state index is 12.3. The SMILES string of the molecule is C[C@@H]1CN(C(=O)c2ccc(Cl)c(I)c2)C[C@H]1C(=O)O. The molecule has 1 aliphatic rings. The molecule has 19 heavy (non-hydrogen) atoms. The minimum atomic E-state index is -0.839. The fourth-order valence-electron chi connectivity index (χ4n) is 2.27. The molecule has 1 aromatic rings. The molecule has 6 heteroatoms. The number of carbonyl (C=O) groups is 2. The molecule has 1 N–H and O–H groups in total. The maximum Gasteiger partial charge on any atom is 0.308 e. The van der Waals surface area contributed by atoms with Crippen LogP contribution in [0.3, 0.4) is 0 Å². The third-order valence-corrected chi connectivity index (χ3v) is 4.92. The summed E-state index contributed by atoms with van der Waals surface area (Å²) in [5.41, 5.74) is 0.548. The van der Waals surface area contributed by atoms with Crippen LogP contribution in [-0.4, -0.2) is 35.0 Å². The molecule has 1 aliphatic heterocycles. The average Bonchev–Trinajstić information content (AvgIpc) is 2.74. The fourth-order valence-corrected chi connectivity index (χ4v) is 2.90. The molecule has 102 valence electrons. The minimum Gasteiger partial charge on any atom is -0.481 e. The van der Waals surface area contributed by atoms with Crippen LogP contribution in [0.1, 0.15) is 17.3 Å². The third-order valence-electron chi connectivity index (χ3n) is 3.38. The van der Waals surface area contributed by atoms with E-state index in [9.17, 15) is 9.59 Å². The number of nitrogens with zero attached hydrogens (tertiary/aromatic N) is 1. The van der Waals surface area contributed by atoms with Crippen molar-refractivity contribution in [3.8, 4) is 0 Å². The average molecular weight is 394 g/mol. The highest BCUT2D eigenvalue weighted by molar-refractivity contribution is 14.1. The fraction of sp³-hybridized carbons (Fsp3) is 0.385. The Morgan fingerprint density at radius 1 is 1.42 bits per heavy atom. The van der Waals surface area contributed by atoms with Crippen LogP contribution in [0.5, 0.6) is 0 Å². The Balaban J connectivity index is 2.17. The molecule has 4 nitrogen and oxygen atoms in total. The number of likely N-dealkylation sites (tertiary alicyclic amines) is 1. The monoisotopic (exact) mass is 393 g/mol. The second-order valence-electron chi connectivity index (χ2n) is 4.76. The number of halogens is 2. The largest absolute Gasteiger partial charge is 0.481 e. The first-order valence-corrected chi connectivity index (χ1v) is 7.33. The van der Waals surface area contributed by atoms with Crippen LogP contribution in [0.25, 0.3) is 0 Å². The Kier molecular flexibility index (Phi) is 4.35. The zero-order chi connectivity index (χ0) is 14.2. The van der Waals surface area contributed by atoms with Crippen molar-refractivity contribution < 1.29 is 14.7 Å². The number of amides is 1. The summed E-state index contributed by atoms with van der Waals surface area (Å²) in [7, 11) is 0.